The van der Waals surface area contributed by atoms with E-state index in [2.05, 4.69) is 121 Å². The number of allylic oxidation sites excluding steroid dienone is 1. The molecule has 2 heterocycles. The lowest BCUT2D eigenvalue weighted by atomic mass is 9.94. The third kappa shape index (κ3) is 2.97. The summed E-state index contributed by atoms with van der Waals surface area (Å²) in [7, 11) is 0. The van der Waals surface area contributed by atoms with E-state index >= 15 is 0 Å². The molecular weight excluding hydrogens is 474 g/mol. The van der Waals surface area contributed by atoms with Crippen molar-refractivity contribution in [1.29, 1.82) is 0 Å². The van der Waals surface area contributed by atoms with Gasteiger partial charge in [-0.25, -0.2) is 0 Å². The molecule has 2 nitrogen and oxygen atoms in total. The molecule has 0 aliphatic carbocycles. The van der Waals surface area contributed by atoms with Crippen molar-refractivity contribution in [3.8, 4) is 5.69 Å². The Kier molecular flexibility index (Phi) is 4.62. The van der Waals surface area contributed by atoms with Crippen molar-refractivity contribution in [3.05, 3.63) is 127 Å². The molecule has 0 saturated carbocycles. The third-order valence-electron chi connectivity index (χ3n) is 8.07. The van der Waals surface area contributed by atoms with Crippen LogP contribution in [0.15, 0.2) is 120 Å². The molecule has 0 fully saturated rings. The average Bonchev–Trinajstić information content (AvgIpc) is 3.52. The molecular formula is C37H25NO. The summed E-state index contributed by atoms with van der Waals surface area (Å²) in [6.07, 6.45) is 6.23. The van der Waals surface area contributed by atoms with Gasteiger partial charge in [-0.1, -0.05) is 97.6 Å². The molecule has 6 aromatic carbocycles. The minimum Gasteiger partial charge on any atom is -0.454 e. The van der Waals surface area contributed by atoms with Crippen molar-refractivity contribution in [2.75, 3.05) is 0 Å². The van der Waals surface area contributed by atoms with Gasteiger partial charge in [0, 0.05) is 27.4 Å². The number of rotatable bonds is 3. The fraction of sp³-hybridized carbons (Fsp3) is 0.0270. The van der Waals surface area contributed by atoms with Crippen LogP contribution in [0.3, 0.4) is 0 Å². The maximum Gasteiger partial charge on any atom is 0.160 e. The second-order valence-corrected chi connectivity index (χ2v) is 10.1. The molecule has 0 unspecified atom stereocenters. The summed E-state index contributed by atoms with van der Waals surface area (Å²) in [4.78, 5) is 0. The quantitative estimate of drug-likeness (QED) is 0.221. The van der Waals surface area contributed by atoms with Crippen LogP contribution >= 0.6 is 0 Å². The standard InChI is InChI=1S/C37H25NO/c1-3-11-34-24(4-2)31-20-21-32-30-16-9-10-17-35(30)39-37(32)36(31)38(34)23-18-19-29-27-14-6-5-12-25(27)26-13-7-8-15-28(26)33(29)22-23/h3-22H,2H2,1H3/b11-3-. The van der Waals surface area contributed by atoms with E-state index in [0.29, 0.717) is 0 Å². The van der Waals surface area contributed by atoms with Gasteiger partial charge in [0.25, 0.3) is 0 Å². The van der Waals surface area contributed by atoms with Crippen LogP contribution in [-0.2, 0) is 0 Å². The Morgan fingerprint density at radius 1 is 0.615 bits per heavy atom. The summed E-state index contributed by atoms with van der Waals surface area (Å²) in [6, 6.07) is 37.0. The molecule has 0 amide bonds. The van der Waals surface area contributed by atoms with Gasteiger partial charge in [0.05, 0.1) is 11.2 Å². The zero-order valence-corrected chi connectivity index (χ0v) is 21.6. The number of fused-ring (bicyclic) bond motifs is 11. The van der Waals surface area contributed by atoms with Crippen LogP contribution in [0.1, 0.15) is 18.2 Å². The number of hydrogen-bond acceptors (Lipinski definition) is 1. The van der Waals surface area contributed by atoms with Crippen molar-refractivity contribution in [1.82, 2.24) is 4.57 Å². The molecule has 0 aliphatic rings. The zero-order chi connectivity index (χ0) is 26.1. The summed E-state index contributed by atoms with van der Waals surface area (Å²) in [5.74, 6) is 0. The minimum atomic E-state index is 0.899. The Labute approximate surface area is 225 Å². The van der Waals surface area contributed by atoms with Crippen LogP contribution in [0, 0.1) is 0 Å². The lowest BCUT2D eigenvalue weighted by Crippen LogP contribution is -1.98. The van der Waals surface area contributed by atoms with Crippen molar-refractivity contribution >= 4 is 77.3 Å². The van der Waals surface area contributed by atoms with Crippen LogP contribution in [0.2, 0.25) is 0 Å². The van der Waals surface area contributed by atoms with Gasteiger partial charge in [-0.2, -0.15) is 0 Å². The van der Waals surface area contributed by atoms with E-state index in [1.807, 2.05) is 18.2 Å². The number of nitrogens with zero attached hydrogens (tertiary/aromatic N) is 1. The summed E-state index contributed by atoms with van der Waals surface area (Å²) in [6.45, 7) is 6.26. The molecule has 0 bridgehead atoms. The first-order valence-corrected chi connectivity index (χ1v) is 13.4. The predicted molar refractivity (Wildman–Crippen MR) is 168 cm³/mol. The number of furan rings is 1. The molecule has 0 N–H and O–H groups in total. The minimum absolute atomic E-state index is 0.899. The van der Waals surface area contributed by atoms with Gasteiger partial charge >= 0.3 is 0 Å². The Morgan fingerprint density at radius 3 is 1.85 bits per heavy atom. The smallest absolute Gasteiger partial charge is 0.160 e. The first kappa shape index (κ1) is 22.0. The van der Waals surface area contributed by atoms with E-state index in [9.17, 15) is 0 Å². The van der Waals surface area contributed by atoms with Crippen LogP contribution < -0.4 is 0 Å². The van der Waals surface area contributed by atoms with E-state index in [4.69, 9.17) is 4.42 Å². The molecule has 0 atom stereocenters. The van der Waals surface area contributed by atoms with Gasteiger partial charge in [0.15, 0.2) is 5.58 Å². The predicted octanol–water partition coefficient (Wildman–Crippen LogP) is 10.7. The Hall–Kier alpha value is -5.08. The Balaban J connectivity index is 1.56. The van der Waals surface area contributed by atoms with Gasteiger partial charge in [-0.05, 0) is 69.6 Å². The normalized spacial score (nSPS) is 12.2. The number of hydrogen-bond donors (Lipinski definition) is 0. The molecule has 0 spiro atoms. The van der Waals surface area contributed by atoms with E-state index in [1.54, 1.807) is 0 Å². The van der Waals surface area contributed by atoms with Crippen LogP contribution in [0.25, 0.3) is 83.0 Å². The van der Waals surface area contributed by atoms with Crippen LogP contribution in [0.5, 0.6) is 0 Å². The Bertz CT molecular complexity index is 2270. The van der Waals surface area contributed by atoms with Crippen molar-refractivity contribution in [2.45, 2.75) is 6.92 Å². The third-order valence-corrected chi connectivity index (χ3v) is 8.07. The molecule has 0 radical (unpaired) electrons. The second-order valence-electron chi connectivity index (χ2n) is 10.1. The highest BCUT2D eigenvalue weighted by atomic mass is 16.3. The lowest BCUT2D eigenvalue weighted by Gasteiger charge is -2.14. The molecule has 8 aromatic rings. The van der Waals surface area contributed by atoms with Crippen molar-refractivity contribution in [2.24, 2.45) is 0 Å². The second kappa shape index (κ2) is 8.21. The maximum atomic E-state index is 6.55. The molecule has 2 heteroatoms. The van der Waals surface area contributed by atoms with Gasteiger partial charge < -0.3 is 8.98 Å². The molecule has 0 saturated heterocycles. The Morgan fingerprint density at radius 2 is 1.18 bits per heavy atom. The first-order chi connectivity index (χ1) is 19.3. The van der Waals surface area contributed by atoms with Crippen molar-refractivity contribution < 1.29 is 4.42 Å². The molecule has 0 aliphatic heterocycles. The fourth-order valence-corrected chi connectivity index (χ4v) is 6.43. The van der Waals surface area contributed by atoms with Crippen molar-refractivity contribution in [3.63, 3.8) is 0 Å². The SMILES string of the molecule is C=Cc1c(/C=C\C)n(-c2ccc3c4ccccc4c4ccccc4c3c2)c2c1ccc1c3ccccc3oc12. The molecule has 184 valence electrons. The van der Waals surface area contributed by atoms with E-state index < -0.39 is 0 Å². The highest BCUT2D eigenvalue weighted by Gasteiger charge is 2.21. The van der Waals surface area contributed by atoms with E-state index in [0.717, 1.165) is 49.8 Å². The summed E-state index contributed by atoms with van der Waals surface area (Å²) in [5.41, 5.74) is 6.17. The summed E-state index contributed by atoms with van der Waals surface area (Å²) in [5, 5.41) is 11.0. The maximum absolute atomic E-state index is 6.55. The molecule has 8 rings (SSSR count). The first-order valence-electron chi connectivity index (χ1n) is 13.4. The monoisotopic (exact) mass is 499 g/mol. The number of benzene rings is 6. The van der Waals surface area contributed by atoms with E-state index in [-0.39, 0.29) is 0 Å². The van der Waals surface area contributed by atoms with Gasteiger partial charge in [-0.3, -0.25) is 0 Å². The summed E-state index contributed by atoms with van der Waals surface area (Å²) >= 11 is 0. The van der Waals surface area contributed by atoms with Crippen LogP contribution in [0.4, 0.5) is 0 Å². The van der Waals surface area contributed by atoms with Crippen LogP contribution in [-0.4, -0.2) is 4.57 Å². The zero-order valence-electron chi connectivity index (χ0n) is 21.6. The highest BCUT2D eigenvalue weighted by molar-refractivity contribution is 6.25. The topological polar surface area (TPSA) is 18.1 Å². The average molecular weight is 500 g/mol. The largest absolute Gasteiger partial charge is 0.454 e. The van der Waals surface area contributed by atoms with Gasteiger partial charge in [0.2, 0.25) is 0 Å². The van der Waals surface area contributed by atoms with E-state index in [1.165, 1.54) is 32.3 Å². The summed E-state index contributed by atoms with van der Waals surface area (Å²) < 4.78 is 8.90. The number of aromatic nitrogens is 1. The molecule has 2 aromatic heterocycles. The van der Waals surface area contributed by atoms with Gasteiger partial charge in [-0.15, -0.1) is 0 Å². The highest BCUT2D eigenvalue weighted by Crippen LogP contribution is 2.41. The van der Waals surface area contributed by atoms with Gasteiger partial charge in [0.1, 0.15) is 5.58 Å². The molecule has 39 heavy (non-hydrogen) atoms. The number of para-hydroxylation sites is 1. The fourth-order valence-electron chi connectivity index (χ4n) is 6.43. The lowest BCUT2D eigenvalue weighted by molar-refractivity contribution is 0.671.